The number of halogens is 1. The van der Waals surface area contributed by atoms with Crippen LogP contribution in [0.2, 0.25) is 0 Å². The fourth-order valence-electron chi connectivity index (χ4n) is 2.32. The Bertz CT molecular complexity index is 461. The molecule has 2 N–H and O–H groups in total. The van der Waals surface area contributed by atoms with Gasteiger partial charge in [0, 0.05) is 17.4 Å². The lowest BCUT2D eigenvalue weighted by atomic mass is 9.94. The fraction of sp³-hybridized carbons (Fsp3) is 0.500. The molecular weight excluding hydrogens is 316 g/mol. The van der Waals surface area contributed by atoms with E-state index in [2.05, 4.69) is 15.9 Å². The zero-order valence-corrected chi connectivity index (χ0v) is 12.3. The van der Waals surface area contributed by atoms with E-state index < -0.39 is 0 Å². The van der Waals surface area contributed by atoms with Crippen molar-refractivity contribution in [2.45, 2.75) is 24.0 Å². The standard InChI is InChI=1S/C12H15BrN2O2S/c13-11-9(3-1-4-10(11)15(16)17)7-12(8-14)5-2-6-18-12/h1,3-4H,2,5-8,14H2. The van der Waals surface area contributed by atoms with Gasteiger partial charge in [-0.05, 0) is 46.5 Å². The van der Waals surface area contributed by atoms with E-state index in [0.717, 1.165) is 24.2 Å². The Kier molecular flexibility index (Phi) is 4.29. The Hall–Kier alpha value is -0.590. The minimum Gasteiger partial charge on any atom is -0.329 e. The summed E-state index contributed by atoms with van der Waals surface area (Å²) in [5.74, 6) is 1.13. The maximum absolute atomic E-state index is 10.9. The van der Waals surface area contributed by atoms with E-state index in [0.29, 0.717) is 11.0 Å². The summed E-state index contributed by atoms with van der Waals surface area (Å²) < 4.78 is 0.646. The molecule has 0 radical (unpaired) electrons. The van der Waals surface area contributed by atoms with E-state index in [4.69, 9.17) is 5.73 Å². The van der Waals surface area contributed by atoms with E-state index in [1.54, 1.807) is 6.07 Å². The summed E-state index contributed by atoms with van der Waals surface area (Å²) >= 11 is 5.24. The molecule has 18 heavy (non-hydrogen) atoms. The van der Waals surface area contributed by atoms with Gasteiger partial charge < -0.3 is 5.73 Å². The molecule has 98 valence electrons. The fourth-order valence-corrected chi connectivity index (χ4v) is 4.25. The number of nitro groups is 1. The van der Waals surface area contributed by atoms with E-state index in [9.17, 15) is 10.1 Å². The molecule has 1 aliphatic rings. The minimum atomic E-state index is -0.357. The van der Waals surface area contributed by atoms with Crippen LogP contribution in [-0.4, -0.2) is 22.0 Å². The topological polar surface area (TPSA) is 69.2 Å². The van der Waals surface area contributed by atoms with Crippen molar-refractivity contribution in [3.63, 3.8) is 0 Å². The molecule has 6 heteroatoms. The zero-order valence-electron chi connectivity index (χ0n) is 9.89. The monoisotopic (exact) mass is 330 g/mol. The van der Waals surface area contributed by atoms with Crippen LogP contribution in [0.25, 0.3) is 0 Å². The largest absolute Gasteiger partial charge is 0.329 e. The first-order chi connectivity index (χ1) is 8.58. The summed E-state index contributed by atoms with van der Waals surface area (Å²) in [7, 11) is 0. The molecule has 4 nitrogen and oxygen atoms in total. The second-order valence-corrected chi connectivity index (χ2v) is 6.88. The van der Waals surface area contributed by atoms with Gasteiger partial charge >= 0.3 is 0 Å². The summed E-state index contributed by atoms with van der Waals surface area (Å²) in [6, 6.07) is 5.19. The smallest absolute Gasteiger partial charge is 0.283 e. The van der Waals surface area contributed by atoms with Gasteiger partial charge in [0.2, 0.25) is 0 Å². The molecule has 1 unspecified atom stereocenters. The average molecular weight is 331 g/mol. The van der Waals surface area contributed by atoms with E-state index in [1.165, 1.54) is 12.5 Å². The van der Waals surface area contributed by atoms with Crippen LogP contribution >= 0.6 is 27.7 Å². The summed E-state index contributed by atoms with van der Waals surface area (Å²) in [4.78, 5) is 10.5. The van der Waals surface area contributed by atoms with Crippen molar-refractivity contribution in [2.24, 2.45) is 5.73 Å². The molecule has 1 aromatic carbocycles. The highest BCUT2D eigenvalue weighted by Gasteiger charge is 2.34. The number of rotatable bonds is 4. The zero-order chi connectivity index (χ0) is 13.2. The molecule has 0 aliphatic carbocycles. The van der Waals surface area contributed by atoms with Gasteiger partial charge in [0.25, 0.3) is 5.69 Å². The second kappa shape index (κ2) is 5.59. The van der Waals surface area contributed by atoms with Crippen LogP contribution in [0.3, 0.4) is 0 Å². The molecule has 1 aliphatic heterocycles. The summed E-state index contributed by atoms with van der Waals surface area (Å²) in [6.45, 7) is 0.618. The molecule has 2 rings (SSSR count). The van der Waals surface area contributed by atoms with Crippen LogP contribution in [-0.2, 0) is 6.42 Å². The highest BCUT2D eigenvalue weighted by Crippen LogP contribution is 2.42. The Morgan fingerprint density at radius 2 is 2.33 bits per heavy atom. The van der Waals surface area contributed by atoms with Gasteiger partial charge in [0.15, 0.2) is 0 Å². The highest BCUT2D eigenvalue weighted by atomic mass is 79.9. The Morgan fingerprint density at radius 3 is 2.89 bits per heavy atom. The lowest BCUT2D eigenvalue weighted by Gasteiger charge is -2.26. The second-order valence-electron chi connectivity index (χ2n) is 4.52. The van der Waals surface area contributed by atoms with Gasteiger partial charge in [-0.25, -0.2) is 0 Å². The molecule has 0 bridgehead atoms. The number of hydrogen-bond acceptors (Lipinski definition) is 4. The van der Waals surface area contributed by atoms with Crippen LogP contribution in [0.5, 0.6) is 0 Å². The third kappa shape index (κ3) is 2.70. The molecule has 1 fully saturated rings. The normalized spacial score (nSPS) is 23.2. The lowest BCUT2D eigenvalue weighted by molar-refractivity contribution is -0.385. The van der Waals surface area contributed by atoms with Gasteiger partial charge in [0.1, 0.15) is 0 Å². The number of nitrogens with two attached hydrogens (primary N) is 1. The van der Waals surface area contributed by atoms with Crippen LogP contribution in [0.15, 0.2) is 22.7 Å². The van der Waals surface area contributed by atoms with Gasteiger partial charge in [-0.1, -0.05) is 12.1 Å². The number of hydrogen-bond donors (Lipinski definition) is 1. The van der Waals surface area contributed by atoms with Crippen LogP contribution in [0.4, 0.5) is 5.69 Å². The molecule has 0 aromatic heterocycles. The quantitative estimate of drug-likeness (QED) is 0.680. The van der Waals surface area contributed by atoms with Crippen molar-refractivity contribution in [2.75, 3.05) is 12.3 Å². The SMILES string of the molecule is NCC1(Cc2cccc([N+](=O)[O-])c2Br)CCCS1. The summed E-state index contributed by atoms with van der Waals surface area (Å²) in [6.07, 6.45) is 3.05. The first-order valence-electron chi connectivity index (χ1n) is 5.84. The molecule has 0 saturated carbocycles. The number of thioether (sulfide) groups is 1. The van der Waals surface area contributed by atoms with Gasteiger partial charge in [-0.3, -0.25) is 10.1 Å². The van der Waals surface area contributed by atoms with E-state index in [1.807, 2.05) is 17.8 Å². The lowest BCUT2D eigenvalue weighted by Crippen LogP contribution is -2.34. The Balaban J connectivity index is 2.29. The predicted octanol–water partition coefficient (Wildman–Crippen LogP) is 3.12. The van der Waals surface area contributed by atoms with Crippen LogP contribution in [0, 0.1) is 10.1 Å². The minimum absolute atomic E-state index is 0.0533. The van der Waals surface area contributed by atoms with Gasteiger partial charge in [-0.15, -0.1) is 0 Å². The van der Waals surface area contributed by atoms with Crippen molar-refractivity contribution in [3.8, 4) is 0 Å². The highest BCUT2D eigenvalue weighted by molar-refractivity contribution is 9.10. The summed E-state index contributed by atoms with van der Waals surface area (Å²) in [5, 5.41) is 10.9. The molecule has 0 spiro atoms. The van der Waals surface area contributed by atoms with Crippen molar-refractivity contribution >= 4 is 33.4 Å². The van der Waals surface area contributed by atoms with Crippen LogP contribution in [0.1, 0.15) is 18.4 Å². The third-order valence-electron chi connectivity index (χ3n) is 3.32. The van der Waals surface area contributed by atoms with Gasteiger partial charge in [-0.2, -0.15) is 11.8 Å². The van der Waals surface area contributed by atoms with Crippen molar-refractivity contribution < 1.29 is 4.92 Å². The number of benzene rings is 1. The maximum Gasteiger partial charge on any atom is 0.283 e. The Morgan fingerprint density at radius 1 is 1.56 bits per heavy atom. The molecule has 1 saturated heterocycles. The molecule has 0 amide bonds. The molecular formula is C12H15BrN2O2S. The van der Waals surface area contributed by atoms with E-state index in [-0.39, 0.29) is 15.4 Å². The average Bonchev–Trinajstić information content (AvgIpc) is 2.81. The molecule has 1 atom stereocenters. The molecule has 1 aromatic rings. The predicted molar refractivity (Wildman–Crippen MR) is 78.0 cm³/mol. The Labute approximate surface area is 119 Å². The van der Waals surface area contributed by atoms with Crippen molar-refractivity contribution in [1.82, 2.24) is 0 Å². The number of nitro benzene ring substituents is 1. The van der Waals surface area contributed by atoms with Crippen molar-refractivity contribution in [3.05, 3.63) is 38.3 Å². The third-order valence-corrected chi connectivity index (χ3v) is 5.86. The van der Waals surface area contributed by atoms with Crippen LogP contribution < -0.4 is 5.73 Å². The summed E-state index contributed by atoms with van der Waals surface area (Å²) in [5.41, 5.74) is 7.00. The maximum atomic E-state index is 10.9. The first-order valence-corrected chi connectivity index (χ1v) is 7.62. The van der Waals surface area contributed by atoms with Crippen molar-refractivity contribution in [1.29, 1.82) is 0 Å². The van der Waals surface area contributed by atoms with Gasteiger partial charge in [0.05, 0.1) is 9.40 Å². The first kappa shape index (κ1) is 13.8. The molecule has 1 heterocycles. The van der Waals surface area contributed by atoms with E-state index >= 15 is 0 Å². The number of nitrogens with zero attached hydrogens (tertiary/aromatic N) is 1.